The van der Waals surface area contributed by atoms with Gasteiger partial charge in [-0.2, -0.15) is 13.5 Å². The number of aromatic nitrogens is 2. The van der Waals surface area contributed by atoms with E-state index in [-0.39, 0.29) is 10.9 Å². The maximum absolute atomic E-state index is 12.6. The number of nitrogens with zero attached hydrogens (tertiary/aromatic N) is 2. The lowest BCUT2D eigenvalue weighted by atomic mass is 10.2. The summed E-state index contributed by atoms with van der Waals surface area (Å²) in [5, 5.41) is 6.53. The van der Waals surface area contributed by atoms with Gasteiger partial charge in [0.05, 0.1) is 11.6 Å². The van der Waals surface area contributed by atoms with E-state index in [9.17, 15) is 8.42 Å². The standard InChI is InChI=1S/C13H16ClN3O2S/c1-9-4-6-11(7-5-9)17(3)20(18,19)13-12(8-14)10(2)15-16-13/h4-7H,8H2,1-3H3,(H,15,16). The summed E-state index contributed by atoms with van der Waals surface area (Å²) in [6.45, 7) is 3.69. The van der Waals surface area contributed by atoms with Gasteiger partial charge in [0.1, 0.15) is 0 Å². The van der Waals surface area contributed by atoms with Gasteiger partial charge in [0.15, 0.2) is 0 Å². The monoisotopic (exact) mass is 313 g/mol. The van der Waals surface area contributed by atoms with Gasteiger partial charge in [0.25, 0.3) is 10.0 Å². The fourth-order valence-corrected chi connectivity index (χ4v) is 3.59. The quantitative estimate of drug-likeness (QED) is 0.882. The molecule has 0 radical (unpaired) electrons. The van der Waals surface area contributed by atoms with E-state index in [1.807, 2.05) is 19.1 Å². The predicted octanol–water partition coefficient (Wildman–Crippen LogP) is 2.59. The van der Waals surface area contributed by atoms with Gasteiger partial charge in [-0.3, -0.25) is 9.40 Å². The highest BCUT2D eigenvalue weighted by Gasteiger charge is 2.28. The third kappa shape index (κ3) is 2.53. The second-order valence-corrected chi connectivity index (χ2v) is 6.73. The van der Waals surface area contributed by atoms with E-state index in [1.165, 1.54) is 11.4 Å². The van der Waals surface area contributed by atoms with Crippen LogP contribution in [-0.4, -0.2) is 25.7 Å². The highest BCUT2D eigenvalue weighted by Crippen LogP contribution is 2.25. The third-order valence-corrected chi connectivity index (χ3v) is 5.20. The maximum atomic E-state index is 12.6. The minimum atomic E-state index is -3.72. The minimum absolute atomic E-state index is 0.0203. The number of hydrogen-bond acceptors (Lipinski definition) is 3. The molecule has 1 heterocycles. The molecule has 0 saturated heterocycles. The summed E-state index contributed by atoms with van der Waals surface area (Å²) in [6.07, 6.45) is 0. The molecule has 1 N–H and O–H groups in total. The van der Waals surface area contributed by atoms with Gasteiger partial charge < -0.3 is 0 Å². The fourth-order valence-electron chi connectivity index (χ4n) is 1.82. The number of hydrogen-bond donors (Lipinski definition) is 1. The number of nitrogens with one attached hydrogen (secondary N) is 1. The Kier molecular flexibility index (Phi) is 4.06. The van der Waals surface area contributed by atoms with Crippen molar-refractivity contribution in [2.24, 2.45) is 0 Å². The molecular formula is C13H16ClN3O2S. The Bertz CT molecular complexity index is 708. The highest BCUT2D eigenvalue weighted by atomic mass is 35.5. The summed E-state index contributed by atoms with van der Waals surface area (Å²) in [5.41, 5.74) is 2.81. The zero-order chi connectivity index (χ0) is 14.9. The van der Waals surface area contributed by atoms with Gasteiger partial charge in [-0.05, 0) is 26.0 Å². The Balaban J connectivity index is 2.46. The van der Waals surface area contributed by atoms with Gasteiger partial charge in [-0.1, -0.05) is 17.7 Å². The average molecular weight is 314 g/mol. The molecule has 0 atom stereocenters. The van der Waals surface area contributed by atoms with Crippen molar-refractivity contribution < 1.29 is 8.42 Å². The first-order chi connectivity index (χ1) is 9.37. The van der Waals surface area contributed by atoms with Crippen LogP contribution in [0.5, 0.6) is 0 Å². The number of alkyl halides is 1. The van der Waals surface area contributed by atoms with Gasteiger partial charge in [-0.15, -0.1) is 11.6 Å². The number of benzene rings is 1. The van der Waals surface area contributed by atoms with Crippen LogP contribution in [0.3, 0.4) is 0 Å². The van der Waals surface area contributed by atoms with Crippen LogP contribution in [0, 0.1) is 13.8 Å². The fraction of sp³-hybridized carbons (Fsp3) is 0.308. The molecule has 0 fully saturated rings. The van der Waals surface area contributed by atoms with Gasteiger partial charge in [0, 0.05) is 18.3 Å². The van der Waals surface area contributed by atoms with Gasteiger partial charge >= 0.3 is 0 Å². The van der Waals surface area contributed by atoms with Crippen LogP contribution in [-0.2, 0) is 15.9 Å². The van der Waals surface area contributed by atoms with Crippen molar-refractivity contribution in [3.63, 3.8) is 0 Å². The van der Waals surface area contributed by atoms with E-state index in [1.54, 1.807) is 19.1 Å². The Hall–Kier alpha value is -1.53. The lowest BCUT2D eigenvalue weighted by Gasteiger charge is -2.18. The Morgan fingerprint density at radius 3 is 2.40 bits per heavy atom. The van der Waals surface area contributed by atoms with Crippen molar-refractivity contribution in [2.75, 3.05) is 11.4 Å². The molecule has 0 bridgehead atoms. The van der Waals surface area contributed by atoms with Crippen molar-refractivity contribution in [1.29, 1.82) is 0 Å². The molecule has 0 aliphatic heterocycles. The number of sulfonamides is 1. The molecule has 1 aromatic carbocycles. The third-order valence-electron chi connectivity index (χ3n) is 3.17. The van der Waals surface area contributed by atoms with Crippen LogP contribution in [0.4, 0.5) is 5.69 Å². The summed E-state index contributed by atoms with van der Waals surface area (Å²) < 4.78 is 26.4. The molecule has 0 aliphatic rings. The minimum Gasteiger partial charge on any atom is -0.281 e. The van der Waals surface area contributed by atoms with Gasteiger partial charge in [-0.25, -0.2) is 0 Å². The number of rotatable bonds is 4. The zero-order valence-electron chi connectivity index (χ0n) is 11.5. The molecule has 7 heteroatoms. The average Bonchev–Trinajstić information content (AvgIpc) is 2.80. The van der Waals surface area contributed by atoms with E-state index in [4.69, 9.17) is 11.6 Å². The summed E-state index contributed by atoms with van der Waals surface area (Å²) in [4.78, 5) is 0. The Morgan fingerprint density at radius 1 is 1.25 bits per heavy atom. The first-order valence-electron chi connectivity index (χ1n) is 6.03. The number of anilines is 1. The molecule has 20 heavy (non-hydrogen) atoms. The van der Waals surface area contributed by atoms with Crippen molar-refractivity contribution in [3.05, 3.63) is 41.1 Å². The molecule has 2 rings (SSSR count). The molecule has 108 valence electrons. The van der Waals surface area contributed by atoms with Crippen molar-refractivity contribution >= 4 is 27.3 Å². The summed E-state index contributed by atoms with van der Waals surface area (Å²) in [7, 11) is -2.22. The maximum Gasteiger partial charge on any atom is 0.283 e. The second kappa shape index (κ2) is 5.46. The predicted molar refractivity (Wildman–Crippen MR) is 79.6 cm³/mol. The zero-order valence-corrected chi connectivity index (χ0v) is 13.1. The van der Waals surface area contributed by atoms with Crippen molar-refractivity contribution in [1.82, 2.24) is 10.2 Å². The molecule has 0 amide bonds. The van der Waals surface area contributed by atoms with Crippen LogP contribution < -0.4 is 4.31 Å². The molecule has 0 unspecified atom stereocenters. The lowest BCUT2D eigenvalue weighted by molar-refractivity contribution is 0.589. The van der Waals surface area contributed by atoms with Crippen LogP contribution in [0.1, 0.15) is 16.8 Å². The SMILES string of the molecule is Cc1ccc(N(C)S(=O)(=O)c2n[nH]c(C)c2CCl)cc1. The van der Waals surface area contributed by atoms with E-state index in [0.29, 0.717) is 16.9 Å². The number of aromatic amines is 1. The van der Waals surface area contributed by atoms with E-state index in [2.05, 4.69) is 10.2 Å². The normalized spacial score (nSPS) is 11.6. The summed E-state index contributed by atoms with van der Waals surface area (Å²) in [5.74, 6) is 0.0959. The van der Waals surface area contributed by atoms with E-state index >= 15 is 0 Å². The largest absolute Gasteiger partial charge is 0.283 e. The molecule has 0 spiro atoms. The number of aryl methyl sites for hydroxylation is 2. The van der Waals surface area contributed by atoms with Crippen LogP contribution >= 0.6 is 11.6 Å². The molecular weight excluding hydrogens is 298 g/mol. The number of halogens is 1. The van der Waals surface area contributed by atoms with Crippen molar-refractivity contribution in [3.8, 4) is 0 Å². The van der Waals surface area contributed by atoms with Crippen LogP contribution in [0.2, 0.25) is 0 Å². The van der Waals surface area contributed by atoms with Crippen LogP contribution in [0.15, 0.2) is 29.3 Å². The lowest BCUT2D eigenvalue weighted by Crippen LogP contribution is -2.27. The van der Waals surface area contributed by atoms with Crippen LogP contribution in [0.25, 0.3) is 0 Å². The molecule has 0 saturated carbocycles. The Morgan fingerprint density at radius 2 is 1.85 bits per heavy atom. The summed E-state index contributed by atoms with van der Waals surface area (Å²) >= 11 is 5.81. The molecule has 0 aliphatic carbocycles. The first-order valence-corrected chi connectivity index (χ1v) is 8.00. The Labute approximate surface area is 123 Å². The van der Waals surface area contributed by atoms with Crippen molar-refractivity contribution in [2.45, 2.75) is 24.8 Å². The topological polar surface area (TPSA) is 66.1 Å². The molecule has 2 aromatic rings. The van der Waals surface area contributed by atoms with E-state index in [0.717, 1.165) is 5.56 Å². The first kappa shape index (κ1) is 14.9. The molecule has 1 aromatic heterocycles. The second-order valence-electron chi connectivity index (χ2n) is 4.57. The van der Waals surface area contributed by atoms with E-state index < -0.39 is 10.0 Å². The molecule has 5 nitrogen and oxygen atoms in total. The number of H-pyrrole nitrogens is 1. The smallest absolute Gasteiger partial charge is 0.281 e. The van der Waals surface area contributed by atoms with Gasteiger partial charge in [0.2, 0.25) is 5.03 Å². The summed E-state index contributed by atoms with van der Waals surface area (Å²) in [6, 6.07) is 7.23. The highest BCUT2D eigenvalue weighted by molar-refractivity contribution is 7.92.